The third-order valence-corrected chi connectivity index (χ3v) is 4.11. The molecule has 1 aromatic carbocycles. The first-order valence-electron chi connectivity index (χ1n) is 7.13. The molecule has 21 heavy (non-hydrogen) atoms. The third-order valence-electron chi connectivity index (χ3n) is 4.11. The quantitative estimate of drug-likeness (QED) is 0.860. The fourth-order valence-electron chi connectivity index (χ4n) is 3.09. The highest BCUT2D eigenvalue weighted by molar-refractivity contribution is 5.99. The zero-order chi connectivity index (χ0) is 15.0. The molecule has 0 aliphatic carbocycles. The van der Waals surface area contributed by atoms with Crippen molar-refractivity contribution in [2.24, 2.45) is 5.73 Å². The van der Waals surface area contributed by atoms with Crippen LogP contribution in [0.4, 0.5) is 4.79 Å². The lowest BCUT2D eigenvalue weighted by molar-refractivity contribution is -0.141. The fourth-order valence-corrected chi connectivity index (χ4v) is 3.09. The lowest BCUT2D eigenvalue weighted by Crippen LogP contribution is -2.59. The van der Waals surface area contributed by atoms with Gasteiger partial charge in [0.05, 0.1) is 6.04 Å². The molecule has 1 aromatic rings. The van der Waals surface area contributed by atoms with Crippen molar-refractivity contribution in [3.05, 3.63) is 23.8 Å². The van der Waals surface area contributed by atoms with Crippen LogP contribution in [0.25, 0.3) is 0 Å². The lowest BCUT2D eigenvalue weighted by atomic mass is 9.81. The number of amides is 3. The van der Waals surface area contributed by atoms with Crippen molar-refractivity contribution in [1.82, 2.24) is 4.90 Å². The van der Waals surface area contributed by atoms with E-state index in [0.717, 1.165) is 24.2 Å². The smallest absolute Gasteiger partial charge is 0.321 e. The van der Waals surface area contributed by atoms with E-state index >= 15 is 0 Å². The van der Waals surface area contributed by atoms with Crippen LogP contribution in [0.3, 0.4) is 0 Å². The van der Waals surface area contributed by atoms with E-state index in [2.05, 4.69) is 6.92 Å². The van der Waals surface area contributed by atoms with Crippen LogP contribution in [0.15, 0.2) is 18.2 Å². The van der Waals surface area contributed by atoms with Gasteiger partial charge in [0.1, 0.15) is 0 Å². The number of carbonyl (C=O) groups excluding carboxylic acids is 2. The Bertz CT molecular complexity index is 579. The van der Waals surface area contributed by atoms with Gasteiger partial charge in [0, 0.05) is 12.3 Å². The van der Waals surface area contributed by atoms with Crippen LogP contribution in [0.2, 0.25) is 0 Å². The molecule has 0 spiro atoms. The molecule has 0 bridgehead atoms. The highest BCUT2D eigenvalue weighted by atomic mass is 16.7. The van der Waals surface area contributed by atoms with E-state index in [1.54, 1.807) is 0 Å². The summed E-state index contributed by atoms with van der Waals surface area (Å²) in [6.07, 6.45) is 2.19. The number of likely N-dealkylation sites (tertiary alicyclic amines) is 1. The Morgan fingerprint density at radius 3 is 2.86 bits per heavy atom. The van der Waals surface area contributed by atoms with Crippen LogP contribution in [-0.2, 0) is 4.79 Å². The number of hydrogen-bond acceptors (Lipinski definition) is 4. The van der Waals surface area contributed by atoms with Gasteiger partial charge < -0.3 is 15.2 Å². The summed E-state index contributed by atoms with van der Waals surface area (Å²) < 4.78 is 10.7. The number of nitrogens with zero attached hydrogens (tertiary/aromatic N) is 1. The summed E-state index contributed by atoms with van der Waals surface area (Å²) >= 11 is 0. The Labute approximate surface area is 122 Å². The van der Waals surface area contributed by atoms with Crippen molar-refractivity contribution in [2.75, 3.05) is 6.79 Å². The molecule has 2 aliphatic heterocycles. The molecular weight excluding hydrogens is 272 g/mol. The molecule has 2 aliphatic rings. The van der Waals surface area contributed by atoms with Crippen molar-refractivity contribution in [3.63, 3.8) is 0 Å². The third kappa shape index (κ3) is 2.30. The minimum absolute atomic E-state index is 0.0784. The van der Waals surface area contributed by atoms with Gasteiger partial charge in [-0.2, -0.15) is 0 Å². The zero-order valence-electron chi connectivity index (χ0n) is 11.9. The zero-order valence-corrected chi connectivity index (χ0v) is 11.9. The van der Waals surface area contributed by atoms with Crippen LogP contribution in [-0.4, -0.2) is 29.7 Å². The van der Waals surface area contributed by atoms with Crippen molar-refractivity contribution >= 4 is 11.9 Å². The number of ether oxygens (including phenoxy) is 2. The van der Waals surface area contributed by atoms with Crippen molar-refractivity contribution in [1.29, 1.82) is 0 Å². The van der Waals surface area contributed by atoms with Gasteiger partial charge in [-0.05, 0) is 24.1 Å². The van der Waals surface area contributed by atoms with Gasteiger partial charge in [0.15, 0.2) is 11.5 Å². The molecule has 0 aromatic heterocycles. The molecule has 1 saturated heterocycles. The lowest BCUT2D eigenvalue weighted by Gasteiger charge is -2.42. The maximum absolute atomic E-state index is 11.6. The van der Waals surface area contributed by atoms with Gasteiger partial charge in [-0.1, -0.05) is 19.4 Å². The largest absolute Gasteiger partial charge is 0.454 e. The highest BCUT2D eigenvalue weighted by Gasteiger charge is 2.44. The maximum atomic E-state index is 11.6. The van der Waals surface area contributed by atoms with Gasteiger partial charge >= 0.3 is 6.03 Å². The first-order valence-corrected chi connectivity index (χ1v) is 7.13. The van der Waals surface area contributed by atoms with E-state index < -0.39 is 6.03 Å². The number of β-lactam (4-membered cyclic amide) rings is 1. The Kier molecular flexibility index (Phi) is 3.45. The van der Waals surface area contributed by atoms with E-state index in [1.807, 2.05) is 18.2 Å². The number of hydrogen-bond donors (Lipinski definition) is 1. The SMILES string of the molecule is CCCC(c1ccc2c(c1)OCO2)C1CC(=O)N1C(N)=O. The van der Waals surface area contributed by atoms with E-state index in [4.69, 9.17) is 15.2 Å². The van der Waals surface area contributed by atoms with Crippen LogP contribution < -0.4 is 15.2 Å². The summed E-state index contributed by atoms with van der Waals surface area (Å²) in [5.41, 5.74) is 6.35. The van der Waals surface area contributed by atoms with Gasteiger partial charge in [-0.15, -0.1) is 0 Å². The predicted molar refractivity (Wildman–Crippen MR) is 75.0 cm³/mol. The average molecular weight is 290 g/mol. The molecule has 112 valence electrons. The van der Waals surface area contributed by atoms with E-state index in [0.29, 0.717) is 12.2 Å². The summed E-state index contributed by atoms with van der Waals surface area (Å²) in [5, 5.41) is 0. The van der Waals surface area contributed by atoms with E-state index in [1.165, 1.54) is 4.90 Å². The minimum Gasteiger partial charge on any atom is -0.454 e. The number of benzene rings is 1. The molecule has 2 atom stereocenters. The standard InChI is InChI=1S/C15H18N2O4/c1-2-3-10(11-7-14(18)17(11)15(16)19)9-4-5-12-13(6-9)21-8-20-12/h4-6,10-11H,2-3,7-8H2,1H3,(H2,16,19). The second-order valence-electron chi connectivity index (χ2n) is 5.38. The van der Waals surface area contributed by atoms with Gasteiger partial charge in [0.2, 0.25) is 12.7 Å². The number of nitrogens with two attached hydrogens (primary N) is 1. The van der Waals surface area contributed by atoms with Gasteiger partial charge in [-0.3, -0.25) is 9.69 Å². The first kappa shape index (κ1) is 13.7. The van der Waals surface area contributed by atoms with Crippen molar-refractivity contribution in [3.8, 4) is 11.5 Å². The number of primary amides is 1. The van der Waals surface area contributed by atoms with E-state index in [-0.39, 0.29) is 24.7 Å². The predicted octanol–water partition coefficient (Wildman–Crippen LogP) is 1.98. The number of urea groups is 1. The highest BCUT2D eigenvalue weighted by Crippen LogP contribution is 2.40. The molecule has 2 heterocycles. The van der Waals surface area contributed by atoms with Crippen LogP contribution in [0, 0.1) is 0 Å². The average Bonchev–Trinajstić information content (AvgIpc) is 2.89. The van der Waals surface area contributed by atoms with Crippen LogP contribution in [0.1, 0.15) is 37.7 Å². The number of rotatable bonds is 4. The maximum Gasteiger partial charge on any atom is 0.321 e. The number of fused-ring (bicyclic) bond motifs is 1. The molecule has 1 fully saturated rings. The Morgan fingerprint density at radius 2 is 2.19 bits per heavy atom. The molecule has 0 radical (unpaired) electrons. The van der Waals surface area contributed by atoms with Gasteiger partial charge in [0.25, 0.3) is 0 Å². The molecule has 6 heteroatoms. The first-order chi connectivity index (χ1) is 10.1. The molecule has 2 N–H and O–H groups in total. The topological polar surface area (TPSA) is 81.9 Å². The number of carbonyl (C=O) groups is 2. The summed E-state index contributed by atoms with van der Waals surface area (Å²) in [6.45, 7) is 2.31. The molecule has 6 nitrogen and oxygen atoms in total. The van der Waals surface area contributed by atoms with Crippen molar-refractivity contribution < 1.29 is 19.1 Å². The normalized spacial score (nSPS) is 21.1. The minimum atomic E-state index is -0.668. The second-order valence-corrected chi connectivity index (χ2v) is 5.38. The van der Waals surface area contributed by atoms with E-state index in [9.17, 15) is 9.59 Å². The van der Waals surface area contributed by atoms with Crippen molar-refractivity contribution in [2.45, 2.75) is 38.1 Å². The van der Waals surface area contributed by atoms with Crippen LogP contribution >= 0.6 is 0 Å². The summed E-state index contributed by atoms with van der Waals surface area (Å²) in [5.74, 6) is 1.32. The Balaban J connectivity index is 1.88. The molecule has 3 rings (SSSR count). The summed E-state index contributed by atoms with van der Waals surface area (Å²) in [4.78, 5) is 24.2. The molecule has 0 saturated carbocycles. The molecule has 3 amide bonds. The second kappa shape index (κ2) is 5.27. The fraction of sp³-hybridized carbons (Fsp3) is 0.467. The Morgan fingerprint density at radius 1 is 1.43 bits per heavy atom. The summed E-state index contributed by atoms with van der Waals surface area (Å²) in [6, 6.07) is 4.95. The monoisotopic (exact) mass is 290 g/mol. The van der Waals surface area contributed by atoms with Gasteiger partial charge in [-0.25, -0.2) is 4.79 Å². The Hall–Kier alpha value is -2.24. The van der Waals surface area contributed by atoms with Crippen LogP contribution in [0.5, 0.6) is 11.5 Å². The molecule has 2 unspecified atom stereocenters. The number of imide groups is 1. The summed E-state index contributed by atoms with van der Waals surface area (Å²) in [7, 11) is 0. The molecular formula is C15H18N2O4.